The van der Waals surface area contributed by atoms with Gasteiger partial charge in [0.05, 0.1) is 26.4 Å². The highest BCUT2D eigenvalue weighted by atomic mass is 31.2. The van der Waals surface area contributed by atoms with E-state index in [0.29, 0.717) is 25.7 Å². The predicted octanol–water partition coefficient (Wildman–Crippen LogP) is 19.4. The van der Waals surface area contributed by atoms with E-state index < -0.39 is 97.5 Å². The van der Waals surface area contributed by atoms with Crippen molar-refractivity contribution in [2.45, 2.75) is 368 Å². The number of ether oxygens (including phenoxy) is 4. The molecule has 0 bridgehead atoms. The molecule has 0 spiro atoms. The van der Waals surface area contributed by atoms with E-state index in [2.05, 4.69) is 34.6 Å². The van der Waals surface area contributed by atoms with Crippen LogP contribution in [0.2, 0.25) is 0 Å². The average Bonchev–Trinajstić information content (AvgIpc) is 3.70. The van der Waals surface area contributed by atoms with Crippen LogP contribution >= 0.6 is 15.6 Å². The summed E-state index contributed by atoms with van der Waals surface area (Å²) in [6.07, 6.45) is 47.1. The van der Waals surface area contributed by atoms with Crippen LogP contribution in [0.5, 0.6) is 0 Å². The van der Waals surface area contributed by atoms with Crippen molar-refractivity contribution in [1.29, 1.82) is 0 Å². The van der Waals surface area contributed by atoms with Crippen molar-refractivity contribution in [2.24, 2.45) is 5.92 Å². The fourth-order valence-corrected chi connectivity index (χ4v) is 11.9. The maximum atomic E-state index is 13.0. The third-order valence-corrected chi connectivity index (χ3v) is 17.7. The molecular formula is C68H132O17P2. The molecule has 0 fully saturated rings. The van der Waals surface area contributed by atoms with E-state index in [0.717, 1.165) is 102 Å². The van der Waals surface area contributed by atoms with Crippen LogP contribution in [0.4, 0.5) is 0 Å². The summed E-state index contributed by atoms with van der Waals surface area (Å²) < 4.78 is 68.2. The fourth-order valence-electron chi connectivity index (χ4n) is 10.3. The Hall–Kier alpha value is -1.94. The van der Waals surface area contributed by atoms with Crippen molar-refractivity contribution in [3.05, 3.63) is 0 Å². The van der Waals surface area contributed by atoms with Gasteiger partial charge in [0.1, 0.15) is 19.3 Å². The van der Waals surface area contributed by atoms with E-state index in [1.807, 2.05) is 0 Å². The first kappa shape index (κ1) is 85.1. The van der Waals surface area contributed by atoms with Crippen LogP contribution < -0.4 is 0 Å². The zero-order chi connectivity index (χ0) is 64.2. The zero-order valence-corrected chi connectivity index (χ0v) is 57.9. The number of hydrogen-bond donors (Lipinski definition) is 3. The fraction of sp³-hybridized carbons (Fsp3) is 0.941. The summed E-state index contributed by atoms with van der Waals surface area (Å²) in [5.41, 5.74) is 0. The molecule has 0 amide bonds. The van der Waals surface area contributed by atoms with Crippen LogP contribution in [-0.4, -0.2) is 96.7 Å². The number of phosphoric ester groups is 2. The molecule has 17 nitrogen and oxygen atoms in total. The molecule has 3 N–H and O–H groups in total. The van der Waals surface area contributed by atoms with Gasteiger partial charge in [0.2, 0.25) is 0 Å². The molecule has 19 heteroatoms. The second-order valence-electron chi connectivity index (χ2n) is 25.0. The molecule has 0 saturated carbocycles. The monoisotopic (exact) mass is 1280 g/mol. The maximum absolute atomic E-state index is 13.0. The molecule has 0 radical (unpaired) electrons. The largest absolute Gasteiger partial charge is 0.472 e. The van der Waals surface area contributed by atoms with Gasteiger partial charge in [0.25, 0.3) is 0 Å². The number of rotatable bonds is 68. The van der Waals surface area contributed by atoms with Crippen LogP contribution in [0, 0.1) is 5.92 Å². The molecule has 0 aliphatic rings. The van der Waals surface area contributed by atoms with Crippen LogP contribution in [0.25, 0.3) is 0 Å². The number of aliphatic hydroxyl groups is 1. The first-order chi connectivity index (χ1) is 42.0. The van der Waals surface area contributed by atoms with Crippen LogP contribution in [0.3, 0.4) is 0 Å². The Kier molecular flexibility index (Phi) is 60.2. The van der Waals surface area contributed by atoms with Gasteiger partial charge >= 0.3 is 39.5 Å². The Labute approximate surface area is 530 Å². The quantitative estimate of drug-likeness (QED) is 0.0222. The molecule has 0 aromatic heterocycles. The first-order valence-electron chi connectivity index (χ1n) is 35.6. The Balaban J connectivity index is 5.23. The molecule has 0 aliphatic heterocycles. The van der Waals surface area contributed by atoms with Gasteiger partial charge in [-0.3, -0.25) is 37.3 Å². The van der Waals surface area contributed by atoms with Crippen molar-refractivity contribution in [1.82, 2.24) is 0 Å². The molecule has 516 valence electrons. The normalized spacial score (nSPS) is 14.1. The van der Waals surface area contributed by atoms with Gasteiger partial charge in [0.15, 0.2) is 12.2 Å². The van der Waals surface area contributed by atoms with E-state index in [1.165, 1.54) is 167 Å². The number of aliphatic hydroxyl groups excluding tert-OH is 1. The van der Waals surface area contributed by atoms with Gasteiger partial charge in [-0.25, -0.2) is 9.13 Å². The van der Waals surface area contributed by atoms with Crippen molar-refractivity contribution in [3.8, 4) is 0 Å². The number of carbonyl (C=O) groups excluding carboxylic acids is 4. The number of unbranched alkanes of at least 4 members (excludes halogenated alkanes) is 40. The third kappa shape index (κ3) is 62.6. The lowest BCUT2D eigenvalue weighted by Gasteiger charge is -2.21. The summed E-state index contributed by atoms with van der Waals surface area (Å²) in [5, 5.41) is 10.6. The predicted molar refractivity (Wildman–Crippen MR) is 349 cm³/mol. The van der Waals surface area contributed by atoms with Crippen LogP contribution in [-0.2, 0) is 65.4 Å². The zero-order valence-electron chi connectivity index (χ0n) is 56.2. The Bertz CT molecular complexity index is 1690. The van der Waals surface area contributed by atoms with Crippen LogP contribution in [0.15, 0.2) is 0 Å². The molecule has 0 heterocycles. The number of hydrogen-bond acceptors (Lipinski definition) is 15. The summed E-state index contributed by atoms with van der Waals surface area (Å²) in [6, 6.07) is 0. The second-order valence-corrected chi connectivity index (χ2v) is 27.9. The topological polar surface area (TPSA) is 237 Å². The summed E-state index contributed by atoms with van der Waals surface area (Å²) in [4.78, 5) is 72.4. The lowest BCUT2D eigenvalue weighted by Crippen LogP contribution is -2.30. The van der Waals surface area contributed by atoms with E-state index >= 15 is 0 Å². The van der Waals surface area contributed by atoms with E-state index in [-0.39, 0.29) is 25.7 Å². The molecule has 0 saturated heterocycles. The standard InChI is InChI=1S/C68H132O17P2/c1-6-9-12-15-18-21-23-25-27-32-37-42-47-52-66(71)79-58-64(85-68(73)54-49-44-39-34-30-29-31-35-40-45-50-61(4)5)60-83-87(76,77)81-56-62(69)55-80-86(74,75)82-59-63(57-78-65(70)51-46-41-36-20-17-14-11-8-3)84-67(72)53-48-43-38-33-28-26-24-22-19-16-13-10-7-2/h61-64,69H,6-60H2,1-5H3,(H,74,75)(H,76,77)/t62-,63+,64+/m0/s1. The molecule has 0 aromatic carbocycles. The van der Waals surface area contributed by atoms with Crippen molar-refractivity contribution in [2.75, 3.05) is 39.6 Å². The average molecular weight is 1280 g/mol. The second kappa shape index (κ2) is 61.6. The number of carbonyl (C=O) groups is 4. The molecule has 0 aromatic rings. The summed E-state index contributed by atoms with van der Waals surface area (Å²) >= 11 is 0. The molecule has 2 unspecified atom stereocenters. The Morgan fingerprint density at radius 1 is 0.310 bits per heavy atom. The van der Waals surface area contributed by atoms with Gasteiger partial charge in [0, 0.05) is 25.7 Å². The maximum Gasteiger partial charge on any atom is 0.472 e. The van der Waals surface area contributed by atoms with Crippen molar-refractivity contribution >= 4 is 39.5 Å². The lowest BCUT2D eigenvalue weighted by atomic mass is 10.0. The van der Waals surface area contributed by atoms with E-state index in [9.17, 15) is 43.2 Å². The van der Waals surface area contributed by atoms with Crippen molar-refractivity contribution in [3.63, 3.8) is 0 Å². The summed E-state index contributed by atoms with van der Waals surface area (Å²) in [6.45, 7) is 7.20. The summed E-state index contributed by atoms with van der Waals surface area (Å²) in [7, 11) is -9.89. The van der Waals surface area contributed by atoms with E-state index in [1.54, 1.807) is 0 Å². The van der Waals surface area contributed by atoms with Gasteiger partial charge in [-0.1, -0.05) is 298 Å². The minimum atomic E-state index is -4.95. The highest BCUT2D eigenvalue weighted by molar-refractivity contribution is 7.47. The minimum Gasteiger partial charge on any atom is -0.462 e. The molecular weight excluding hydrogens is 1150 g/mol. The smallest absolute Gasteiger partial charge is 0.462 e. The Morgan fingerprint density at radius 2 is 0.529 bits per heavy atom. The molecule has 0 rings (SSSR count). The first-order valence-corrected chi connectivity index (χ1v) is 38.6. The van der Waals surface area contributed by atoms with E-state index in [4.69, 9.17) is 37.0 Å². The highest BCUT2D eigenvalue weighted by Gasteiger charge is 2.30. The lowest BCUT2D eigenvalue weighted by molar-refractivity contribution is -0.161. The van der Waals surface area contributed by atoms with Crippen molar-refractivity contribution < 1.29 is 80.2 Å². The third-order valence-electron chi connectivity index (χ3n) is 15.8. The summed E-state index contributed by atoms with van der Waals surface area (Å²) in [5.74, 6) is -1.37. The van der Waals surface area contributed by atoms with Gasteiger partial charge in [-0.15, -0.1) is 0 Å². The SMILES string of the molecule is CCCCCCCCCCCCCCCC(=O)OC[C@H](COP(=O)(O)OC[C@@H](O)COP(=O)(O)OC[C@@H](COC(=O)CCCCCCCCCC)OC(=O)CCCCCCCCCCCCCCC)OC(=O)CCCCCCCCCCCCC(C)C. The Morgan fingerprint density at radius 3 is 0.782 bits per heavy atom. The van der Waals surface area contributed by atoms with Gasteiger partial charge in [-0.05, 0) is 31.6 Å². The minimum absolute atomic E-state index is 0.107. The molecule has 87 heavy (non-hydrogen) atoms. The van der Waals surface area contributed by atoms with Gasteiger partial charge in [-0.2, -0.15) is 0 Å². The molecule has 0 aliphatic carbocycles. The van der Waals surface area contributed by atoms with Crippen LogP contribution in [0.1, 0.15) is 349 Å². The highest BCUT2D eigenvalue weighted by Crippen LogP contribution is 2.45. The number of esters is 4. The number of phosphoric acid groups is 2. The van der Waals surface area contributed by atoms with Gasteiger partial charge < -0.3 is 33.8 Å². The molecule has 5 atom stereocenters.